The number of halogens is 1. The Labute approximate surface area is 125 Å². The van der Waals surface area contributed by atoms with Crippen molar-refractivity contribution in [3.8, 4) is 11.3 Å². The number of aromatic nitrogens is 3. The van der Waals surface area contributed by atoms with Gasteiger partial charge in [-0.15, -0.1) is 0 Å². The standard InChI is InChI=1S/C15H13BrN4/c16-11-4-2-1-3-10(11)12-5-6-15-18-13-7-8-17-9-14(13)20(15)19-12/h1-6,17H,7-9H2. The van der Waals surface area contributed by atoms with Crippen LogP contribution in [-0.2, 0) is 13.0 Å². The Morgan fingerprint density at radius 2 is 2.05 bits per heavy atom. The molecule has 5 heteroatoms. The summed E-state index contributed by atoms with van der Waals surface area (Å²) >= 11 is 3.59. The lowest BCUT2D eigenvalue weighted by atomic mass is 10.1. The van der Waals surface area contributed by atoms with Crippen LogP contribution in [0.25, 0.3) is 16.9 Å². The van der Waals surface area contributed by atoms with Crippen molar-refractivity contribution in [1.29, 1.82) is 0 Å². The number of hydrogen-bond acceptors (Lipinski definition) is 3. The zero-order valence-electron chi connectivity index (χ0n) is 10.8. The summed E-state index contributed by atoms with van der Waals surface area (Å²) < 4.78 is 3.02. The smallest absolute Gasteiger partial charge is 0.154 e. The molecule has 1 aliphatic heterocycles. The predicted molar refractivity (Wildman–Crippen MR) is 81.5 cm³/mol. The van der Waals surface area contributed by atoms with E-state index in [9.17, 15) is 0 Å². The lowest BCUT2D eigenvalue weighted by Crippen LogP contribution is -2.24. The van der Waals surface area contributed by atoms with Crippen molar-refractivity contribution >= 4 is 21.6 Å². The summed E-state index contributed by atoms with van der Waals surface area (Å²) in [7, 11) is 0. The van der Waals surface area contributed by atoms with Crippen LogP contribution < -0.4 is 5.32 Å². The molecule has 0 amide bonds. The highest BCUT2D eigenvalue weighted by atomic mass is 79.9. The first-order valence-electron chi connectivity index (χ1n) is 6.66. The van der Waals surface area contributed by atoms with E-state index >= 15 is 0 Å². The van der Waals surface area contributed by atoms with Gasteiger partial charge in [0.15, 0.2) is 5.65 Å². The first kappa shape index (κ1) is 12.1. The molecule has 0 unspecified atom stereocenters. The van der Waals surface area contributed by atoms with Gasteiger partial charge >= 0.3 is 0 Å². The van der Waals surface area contributed by atoms with Crippen LogP contribution in [0.2, 0.25) is 0 Å². The largest absolute Gasteiger partial charge is 0.311 e. The fraction of sp³-hybridized carbons (Fsp3) is 0.200. The maximum absolute atomic E-state index is 4.76. The number of benzene rings is 1. The Hall–Kier alpha value is -1.72. The van der Waals surface area contributed by atoms with Crippen LogP contribution in [0, 0.1) is 0 Å². The number of nitrogens with one attached hydrogen (secondary N) is 1. The van der Waals surface area contributed by atoms with Gasteiger partial charge in [-0.25, -0.2) is 9.50 Å². The van der Waals surface area contributed by atoms with Gasteiger partial charge in [-0.1, -0.05) is 34.1 Å². The summed E-state index contributed by atoms with van der Waals surface area (Å²) in [6.45, 7) is 1.83. The van der Waals surface area contributed by atoms with E-state index in [1.807, 2.05) is 34.8 Å². The third-order valence-electron chi connectivity index (χ3n) is 3.63. The van der Waals surface area contributed by atoms with Crippen LogP contribution in [0.3, 0.4) is 0 Å². The van der Waals surface area contributed by atoms with Gasteiger partial charge < -0.3 is 5.32 Å². The van der Waals surface area contributed by atoms with E-state index in [1.54, 1.807) is 0 Å². The molecule has 3 aromatic rings. The molecule has 0 radical (unpaired) electrons. The van der Waals surface area contributed by atoms with Crippen molar-refractivity contribution in [2.24, 2.45) is 0 Å². The van der Waals surface area contributed by atoms with Crippen LogP contribution in [0.5, 0.6) is 0 Å². The van der Waals surface area contributed by atoms with E-state index in [0.717, 1.165) is 40.9 Å². The van der Waals surface area contributed by atoms with Gasteiger partial charge in [0, 0.05) is 29.5 Å². The molecule has 4 nitrogen and oxygen atoms in total. The SMILES string of the molecule is Brc1ccccc1-c1ccc2nc3c(n2n1)CNCC3. The van der Waals surface area contributed by atoms with Crippen LogP contribution in [0.15, 0.2) is 40.9 Å². The van der Waals surface area contributed by atoms with Crippen LogP contribution in [-0.4, -0.2) is 21.1 Å². The van der Waals surface area contributed by atoms with Crippen molar-refractivity contribution in [3.63, 3.8) is 0 Å². The lowest BCUT2D eigenvalue weighted by molar-refractivity contribution is 0.611. The minimum Gasteiger partial charge on any atom is -0.311 e. The Morgan fingerprint density at radius 3 is 2.95 bits per heavy atom. The fourth-order valence-corrected chi connectivity index (χ4v) is 3.12. The van der Waals surface area contributed by atoms with E-state index < -0.39 is 0 Å². The molecule has 0 spiro atoms. The Morgan fingerprint density at radius 1 is 1.15 bits per heavy atom. The van der Waals surface area contributed by atoms with Crippen molar-refractivity contribution in [2.45, 2.75) is 13.0 Å². The van der Waals surface area contributed by atoms with E-state index in [4.69, 9.17) is 5.10 Å². The monoisotopic (exact) mass is 328 g/mol. The van der Waals surface area contributed by atoms with Gasteiger partial charge in [-0.3, -0.25) is 0 Å². The van der Waals surface area contributed by atoms with E-state index in [1.165, 1.54) is 11.4 Å². The number of imidazole rings is 1. The summed E-state index contributed by atoms with van der Waals surface area (Å²) in [6.07, 6.45) is 0.975. The average Bonchev–Trinajstić information content (AvgIpc) is 2.85. The van der Waals surface area contributed by atoms with E-state index in [2.05, 4.69) is 32.3 Å². The second-order valence-corrected chi connectivity index (χ2v) is 5.75. The predicted octanol–water partition coefficient (Wildman–Crippen LogP) is 2.80. The number of nitrogens with zero attached hydrogens (tertiary/aromatic N) is 3. The van der Waals surface area contributed by atoms with Gasteiger partial charge in [-0.2, -0.15) is 5.10 Å². The summed E-state index contributed by atoms with van der Waals surface area (Å²) in [6, 6.07) is 12.2. The van der Waals surface area contributed by atoms with Gasteiger partial charge in [0.1, 0.15) is 0 Å². The molecular formula is C15H13BrN4. The maximum Gasteiger partial charge on any atom is 0.154 e. The summed E-state index contributed by atoms with van der Waals surface area (Å²) in [5, 5.41) is 8.14. The maximum atomic E-state index is 4.76. The molecule has 0 aliphatic carbocycles. The number of hydrogen-bond donors (Lipinski definition) is 1. The number of fused-ring (bicyclic) bond motifs is 3. The zero-order chi connectivity index (χ0) is 13.5. The molecule has 0 atom stereocenters. The Bertz CT molecular complexity index is 794. The number of rotatable bonds is 1. The molecule has 0 fully saturated rings. The van der Waals surface area contributed by atoms with Crippen molar-refractivity contribution in [2.75, 3.05) is 6.54 Å². The topological polar surface area (TPSA) is 42.2 Å². The highest BCUT2D eigenvalue weighted by Gasteiger charge is 2.17. The minimum absolute atomic E-state index is 0.836. The van der Waals surface area contributed by atoms with Gasteiger partial charge in [-0.05, 0) is 18.2 Å². The Kier molecular flexibility index (Phi) is 2.82. The molecule has 20 heavy (non-hydrogen) atoms. The molecule has 0 saturated carbocycles. The summed E-state index contributed by atoms with van der Waals surface area (Å²) in [5.74, 6) is 0. The van der Waals surface area contributed by atoms with E-state index in [0.29, 0.717) is 0 Å². The third-order valence-corrected chi connectivity index (χ3v) is 4.33. The Balaban J connectivity index is 1.92. The quantitative estimate of drug-likeness (QED) is 0.746. The lowest BCUT2D eigenvalue weighted by Gasteiger charge is -2.12. The van der Waals surface area contributed by atoms with Crippen LogP contribution in [0.4, 0.5) is 0 Å². The van der Waals surface area contributed by atoms with Crippen LogP contribution >= 0.6 is 15.9 Å². The molecule has 1 aromatic carbocycles. The highest BCUT2D eigenvalue weighted by Crippen LogP contribution is 2.27. The highest BCUT2D eigenvalue weighted by molar-refractivity contribution is 9.10. The first-order chi connectivity index (χ1) is 9.83. The molecule has 0 saturated heterocycles. The summed E-state index contributed by atoms with van der Waals surface area (Å²) in [5.41, 5.74) is 5.33. The molecular weight excluding hydrogens is 316 g/mol. The molecule has 100 valence electrons. The normalized spacial score (nSPS) is 14.4. The van der Waals surface area contributed by atoms with E-state index in [-0.39, 0.29) is 0 Å². The molecule has 3 heterocycles. The van der Waals surface area contributed by atoms with Crippen molar-refractivity contribution < 1.29 is 0 Å². The van der Waals surface area contributed by atoms with Crippen LogP contribution in [0.1, 0.15) is 11.4 Å². The molecule has 1 N–H and O–H groups in total. The molecule has 4 rings (SSSR count). The van der Waals surface area contributed by atoms with Gasteiger partial charge in [0.2, 0.25) is 0 Å². The average molecular weight is 329 g/mol. The fourth-order valence-electron chi connectivity index (χ4n) is 2.63. The van der Waals surface area contributed by atoms with Gasteiger partial charge in [0.25, 0.3) is 0 Å². The second kappa shape index (κ2) is 4.68. The third kappa shape index (κ3) is 1.85. The molecule has 0 bridgehead atoms. The second-order valence-electron chi connectivity index (χ2n) is 4.90. The molecule has 1 aliphatic rings. The molecule has 2 aromatic heterocycles. The first-order valence-corrected chi connectivity index (χ1v) is 7.45. The van der Waals surface area contributed by atoms with Crippen molar-refractivity contribution in [1.82, 2.24) is 19.9 Å². The minimum atomic E-state index is 0.836. The zero-order valence-corrected chi connectivity index (χ0v) is 12.4. The van der Waals surface area contributed by atoms with Gasteiger partial charge in [0.05, 0.1) is 17.1 Å². The summed E-state index contributed by atoms with van der Waals surface area (Å²) in [4.78, 5) is 4.66. The van der Waals surface area contributed by atoms with Crippen molar-refractivity contribution in [3.05, 3.63) is 52.3 Å².